The fourth-order valence-corrected chi connectivity index (χ4v) is 3.19. The van der Waals surface area contributed by atoms with Gasteiger partial charge in [0.05, 0.1) is 15.8 Å². The van der Waals surface area contributed by atoms with Crippen LogP contribution < -0.4 is 4.74 Å². The molecule has 0 amide bonds. The summed E-state index contributed by atoms with van der Waals surface area (Å²) >= 11 is 4.82. The Balaban J connectivity index is 1.97. The fourth-order valence-electron chi connectivity index (χ4n) is 2.06. The number of hydrogen-bond donors (Lipinski definition) is 0. The van der Waals surface area contributed by atoms with E-state index in [-0.39, 0.29) is 23.0 Å². The van der Waals surface area contributed by atoms with Gasteiger partial charge in [-0.05, 0) is 51.1 Å². The molecule has 0 aliphatic carbocycles. The first-order valence-corrected chi connectivity index (χ1v) is 8.24. The zero-order chi connectivity index (χ0) is 17.3. The Hall–Kier alpha value is -2.52. The van der Waals surface area contributed by atoms with Gasteiger partial charge in [-0.3, -0.25) is 10.1 Å². The first kappa shape index (κ1) is 16.3. The number of methoxy groups -OCH3 is 1. The van der Waals surface area contributed by atoms with E-state index in [9.17, 15) is 14.9 Å². The monoisotopic (exact) mass is 408 g/mol. The Morgan fingerprint density at radius 2 is 2.21 bits per heavy atom. The van der Waals surface area contributed by atoms with E-state index in [1.807, 2.05) is 11.4 Å². The number of nitro groups is 1. The number of ether oxygens (including phenoxy) is 2. The molecule has 1 aliphatic heterocycles. The van der Waals surface area contributed by atoms with Crippen molar-refractivity contribution in [3.63, 3.8) is 0 Å². The van der Waals surface area contributed by atoms with E-state index in [0.29, 0.717) is 5.56 Å². The normalized spacial score (nSPS) is 15.3. The molecule has 0 radical (unpaired) electrons. The van der Waals surface area contributed by atoms with E-state index in [1.54, 1.807) is 12.1 Å². The number of cyclic esters (lactones) is 1. The van der Waals surface area contributed by atoms with Crippen molar-refractivity contribution in [2.24, 2.45) is 4.99 Å². The zero-order valence-corrected chi connectivity index (χ0v) is 14.6. The van der Waals surface area contributed by atoms with E-state index >= 15 is 0 Å². The molecule has 0 unspecified atom stereocenters. The van der Waals surface area contributed by atoms with E-state index in [1.165, 1.54) is 30.6 Å². The van der Waals surface area contributed by atoms with Gasteiger partial charge in [-0.2, -0.15) is 0 Å². The van der Waals surface area contributed by atoms with E-state index in [4.69, 9.17) is 9.47 Å². The SMILES string of the molecule is COc1ccc(C2=N/C(=C\c3csc(Br)c3)C(=O)O2)cc1[N+](=O)[O-]. The van der Waals surface area contributed by atoms with E-state index < -0.39 is 10.9 Å². The van der Waals surface area contributed by atoms with Crippen LogP contribution in [0.2, 0.25) is 0 Å². The van der Waals surface area contributed by atoms with Crippen LogP contribution in [0.5, 0.6) is 5.75 Å². The minimum Gasteiger partial charge on any atom is -0.490 e. The van der Waals surface area contributed by atoms with Gasteiger partial charge in [0.25, 0.3) is 0 Å². The summed E-state index contributed by atoms with van der Waals surface area (Å²) in [6, 6.07) is 6.08. The van der Waals surface area contributed by atoms with Crippen LogP contribution in [0.1, 0.15) is 11.1 Å². The van der Waals surface area contributed by atoms with Gasteiger partial charge in [-0.15, -0.1) is 11.3 Å². The fraction of sp³-hybridized carbons (Fsp3) is 0.0667. The van der Waals surface area contributed by atoms with Crippen molar-refractivity contribution >= 4 is 50.9 Å². The van der Waals surface area contributed by atoms with Gasteiger partial charge in [-0.25, -0.2) is 9.79 Å². The summed E-state index contributed by atoms with van der Waals surface area (Å²) in [4.78, 5) is 26.6. The number of nitrogens with zero attached hydrogens (tertiary/aromatic N) is 2. The molecule has 1 aliphatic rings. The summed E-state index contributed by atoms with van der Waals surface area (Å²) in [6.07, 6.45) is 1.59. The third kappa shape index (κ3) is 3.22. The van der Waals surface area contributed by atoms with Crippen molar-refractivity contribution in [3.8, 4) is 5.75 Å². The van der Waals surface area contributed by atoms with Gasteiger partial charge in [0.15, 0.2) is 11.4 Å². The smallest absolute Gasteiger partial charge is 0.363 e. The quantitative estimate of drug-likeness (QED) is 0.332. The van der Waals surface area contributed by atoms with Crippen LogP contribution >= 0.6 is 27.3 Å². The highest BCUT2D eigenvalue weighted by atomic mass is 79.9. The minimum atomic E-state index is -0.606. The van der Waals surface area contributed by atoms with Crippen LogP contribution in [-0.2, 0) is 9.53 Å². The van der Waals surface area contributed by atoms with Crippen molar-refractivity contribution < 1.29 is 19.2 Å². The molecule has 9 heteroatoms. The second-order valence-corrected chi connectivity index (χ2v) is 6.95. The summed E-state index contributed by atoms with van der Waals surface area (Å²) in [5, 5.41) is 12.9. The first-order chi connectivity index (χ1) is 11.5. The topological polar surface area (TPSA) is 91.0 Å². The summed E-state index contributed by atoms with van der Waals surface area (Å²) in [7, 11) is 1.34. The Morgan fingerprint density at radius 3 is 2.83 bits per heavy atom. The Morgan fingerprint density at radius 1 is 1.42 bits per heavy atom. The zero-order valence-electron chi connectivity index (χ0n) is 12.2. The molecule has 3 rings (SSSR count). The molecule has 0 N–H and O–H groups in total. The molecule has 0 atom stereocenters. The Bertz CT molecular complexity index is 903. The summed E-state index contributed by atoms with van der Waals surface area (Å²) < 4.78 is 11.0. The van der Waals surface area contributed by atoms with Crippen LogP contribution in [0.25, 0.3) is 6.08 Å². The van der Waals surface area contributed by atoms with Crippen molar-refractivity contribution in [1.29, 1.82) is 0 Å². The molecule has 0 fully saturated rings. The standard InChI is InChI=1S/C15H9BrN2O5S/c1-22-12-3-2-9(6-11(12)18(20)21)14-17-10(15(19)23-14)4-8-5-13(16)24-7-8/h2-7H,1H3/b10-4-. The number of benzene rings is 1. The van der Waals surface area contributed by atoms with Crippen LogP contribution in [0, 0.1) is 10.1 Å². The molecule has 0 saturated carbocycles. The number of rotatable bonds is 4. The maximum absolute atomic E-state index is 11.9. The van der Waals surface area contributed by atoms with Crippen molar-refractivity contribution in [2.75, 3.05) is 7.11 Å². The molecule has 1 aromatic heterocycles. The predicted octanol–water partition coefficient (Wildman–Crippen LogP) is 3.77. The lowest BCUT2D eigenvalue weighted by Crippen LogP contribution is -2.06. The Labute approximate surface area is 148 Å². The lowest BCUT2D eigenvalue weighted by Gasteiger charge is -2.03. The van der Waals surface area contributed by atoms with Crippen molar-refractivity contribution in [1.82, 2.24) is 0 Å². The second kappa shape index (κ2) is 6.54. The van der Waals surface area contributed by atoms with Gasteiger partial charge in [0, 0.05) is 11.6 Å². The van der Waals surface area contributed by atoms with Gasteiger partial charge >= 0.3 is 11.7 Å². The van der Waals surface area contributed by atoms with Gasteiger partial charge in [0.2, 0.25) is 5.90 Å². The lowest BCUT2D eigenvalue weighted by atomic mass is 10.2. The molecule has 1 aromatic carbocycles. The van der Waals surface area contributed by atoms with E-state index in [0.717, 1.165) is 9.35 Å². The maximum Gasteiger partial charge on any atom is 0.363 e. The van der Waals surface area contributed by atoms with Crippen LogP contribution in [0.4, 0.5) is 5.69 Å². The van der Waals surface area contributed by atoms with Crippen LogP contribution in [0.15, 0.2) is 44.1 Å². The number of carbonyl (C=O) groups excluding carboxylic acids is 1. The number of halogens is 1. The van der Waals surface area contributed by atoms with Gasteiger partial charge < -0.3 is 9.47 Å². The number of aliphatic imine (C=N–C) groups is 1. The van der Waals surface area contributed by atoms with Gasteiger partial charge in [-0.1, -0.05) is 0 Å². The summed E-state index contributed by atoms with van der Waals surface area (Å²) in [5.74, 6) is -0.468. The third-order valence-corrected chi connectivity index (χ3v) is 4.66. The third-order valence-electron chi connectivity index (χ3n) is 3.13. The van der Waals surface area contributed by atoms with E-state index in [2.05, 4.69) is 20.9 Å². The van der Waals surface area contributed by atoms with Crippen LogP contribution in [-0.4, -0.2) is 23.9 Å². The molecule has 7 nitrogen and oxygen atoms in total. The molecule has 0 bridgehead atoms. The number of carbonyl (C=O) groups is 1. The average Bonchev–Trinajstić information content (AvgIpc) is 3.13. The average molecular weight is 409 g/mol. The highest BCUT2D eigenvalue weighted by Gasteiger charge is 2.26. The molecule has 24 heavy (non-hydrogen) atoms. The molecule has 2 heterocycles. The largest absolute Gasteiger partial charge is 0.490 e. The highest BCUT2D eigenvalue weighted by molar-refractivity contribution is 9.11. The Kier molecular flexibility index (Phi) is 4.45. The van der Waals surface area contributed by atoms with Gasteiger partial charge in [0.1, 0.15) is 0 Å². The minimum absolute atomic E-state index is 0.0197. The predicted molar refractivity (Wildman–Crippen MR) is 92.3 cm³/mol. The highest BCUT2D eigenvalue weighted by Crippen LogP contribution is 2.30. The number of hydrogen-bond acceptors (Lipinski definition) is 7. The maximum atomic E-state index is 11.9. The van der Waals surface area contributed by atoms with Crippen molar-refractivity contribution in [2.45, 2.75) is 0 Å². The molecule has 0 spiro atoms. The van der Waals surface area contributed by atoms with Crippen molar-refractivity contribution in [3.05, 3.63) is 60.4 Å². The molecular weight excluding hydrogens is 400 g/mol. The lowest BCUT2D eigenvalue weighted by molar-refractivity contribution is -0.385. The summed E-state index contributed by atoms with van der Waals surface area (Å²) in [6.45, 7) is 0. The number of nitro benzene ring substituents is 1. The molecule has 122 valence electrons. The summed E-state index contributed by atoms with van der Waals surface area (Å²) in [5.41, 5.74) is 1.04. The number of thiophene rings is 1. The molecule has 2 aromatic rings. The second-order valence-electron chi connectivity index (χ2n) is 4.66. The molecule has 0 saturated heterocycles. The first-order valence-electron chi connectivity index (χ1n) is 6.57. The van der Waals surface area contributed by atoms with Crippen LogP contribution in [0.3, 0.4) is 0 Å². The number of esters is 1. The molecular formula is C15H9BrN2O5S.